The maximum atomic E-state index is 13.2. The number of halogens is 3. The van der Waals surface area contributed by atoms with Gasteiger partial charge in [-0.1, -0.05) is 0 Å². The summed E-state index contributed by atoms with van der Waals surface area (Å²) in [4.78, 5) is 19.3. The Labute approximate surface area is 177 Å². The van der Waals surface area contributed by atoms with E-state index in [-0.39, 0.29) is 5.95 Å². The van der Waals surface area contributed by atoms with Crippen LogP contribution in [0, 0.1) is 0 Å². The molecule has 2 amide bonds. The number of rotatable bonds is 6. The van der Waals surface area contributed by atoms with E-state index in [2.05, 4.69) is 30.3 Å². The molecule has 13 heteroatoms. The number of carbonyl (C=O) groups is 1. The summed E-state index contributed by atoms with van der Waals surface area (Å²) in [5, 5.41) is 17.3. The van der Waals surface area contributed by atoms with Gasteiger partial charge in [0, 0.05) is 30.1 Å². The fraction of sp³-hybridized carbons (Fsp3) is 0.389. The average molecular weight is 460 g/mol. The highest BCUT2D eigenvalue weighted by molar-refractivity contribution is 7.92. The minimum absolute atomic E-state index is 0.100. The molecule has 0 aliphatic rings. The molecule has 1 heterocycles. The molecular weight excluding hydrogens is 437 g/mol. The van der Waals surface area contributed by atoms with Gasteiger partial charge < -0.3 is 21.1 Å². The molecule has 0 saturated heterocycles. The van der Waals surface area contributed by atoms with Gasteiger partial charge in [-0.2, -0.15) is 18.2 Å². The van der Waals surface area contributed by atoms with Gasteiger partial charge in [-0.15, -0.1) is 4.36 Å². The van der Waals surface area contributed by atoms with Gasteiger partial charge in [0.15, 0.2) is 0 Å². The third kappa shape index (κ3) is 7.68. The van der Waals surface area contributed by atoms with E-state index in [4.69, 9.17) is 0 Å². The van der Waals surface area contributed by atoms with Crippen LogP contribution in [0.4, 0.5) is 41.1 Å². The number of hydrogen-bond acceptors (Lipinski definition) is 7. The Morgan fingerprint density at radius 1 is 1.16 bits per heavy atom. The third-order valence-corrected chi connectivity index (χ3v) is 4.48. The second-order valence-corrected chi connectivity index (χ2v) is 9.58. The first-order chi connectivity index (χ1) is 14.2. The van der Waals surface area contributed by atoms with E-state index in [0.717, 1.165) is 0 Å². The Balaban J connectivity index is 2.20. The van der Waals surface area contributed by atoms with Crippen molar-refractivity contribution in [1.29, 1.82) is 0 Å². The number of nitrogens with zero attached hydrogens (tertiary/aromatic N) is 3. The molecule has 1 aromatic carbocycles. The molecule has 2 atom stereocenters. The van der Waals surface area contributed by atoms with Gasteiger partial charge in [0.1, 0.15) is 11.4 Å². The number of alkyl halides is 3. The van der Waals surface area contributed by atoms with E-state index in [1.807, 2.05) is 0 Å². The second kappa shape index (κ2) is 9.47. The number of nitrogens with one attached hydrogen (secondary N) is 3. The number of aliphatic hydroxyl groups is 1. The van der Waals surface area contributed by atoms with E-state index in [1.165, 1.54) is 50.6 Å². The van der Waals surface area contributed by atoms with Crippen LogP contribution in [0.25, 0.3) is 0 Å². The summed E-state index contributed by atoms with van der Waals surface area (Å²) in [5.74, 6) is -0.566. The van der Waals surface area contributed by atoms with Gasteiger partial charge >= 0.3 is 12.2 Å². The summed E-state index contributed by atoms with van der Waals surface area (Å²) in [6, 6.07) is 4.67. The lowest BCUT2D eigenvalue weighted by molar-refractivity contribution is -0.137. The SMILES string of the molecule is C[C@@H](O)[C@@H](C)Nc1nc(Nc2ccc(NC(=O)N=S(C)(C)=O)cc2)ncc1C(F)(F)F. The van der Waals surface area contributed by atoms with Crippen molar-refractivity contribution in [2.24, 2.45) is 4.36 Å². The first kappa shape index (κ1) is 24.3. The molecule has 0 fully saturated rings. The molecule has 4 N–H and O–H groups in total. The first-order valence-electron chi connectivity index (χ1n) is 8.98. The zero-order chi connectivity index (χ0) is 23.4. The third-order valence-electron chi connectivity index (χ3n) is 3.88. The molecule has 0 spiro atoms. The molecule has 0 bridgehead atoms. The lowest BCUT2D eigenvalue weighted by atomic mass is 10.2. The molecule has 0 aliphatic carbocycles. The highest BCUT2D eigenvalue weighted by atomic mass is 32.2. The zero-order valence-electron chi connectivity index (χ0n) is 17.2. The molecule has 0 radical (unpaired) electrons. The quantitative estimate of drug-likeness (QED) is 0.518. The normalized spacial score (nSPS) is 13.8. The van der Waals surface area contributed by atoms with E-state index >= 15 is 0 Å². The van der Waals surface area contributed by atoms with Crippen LogP contribution < -0.4 is 16.0 Å². The lowest BCUT2D eigenvalue weighted by Crippen LogP contribution is -2.29. The van der Waals surface area contributed by atoms with Gasteiger partial charge in [0.2, 0.25) is 5.95 Å². The Bertz CT molecular complexity index is 1040. The van der Waals surface area contributed by atoms with Crippen LogP contribution in [0.15, 0.2) is 34.8 Å². The summed E-state index contributed by atoms with van der Waals surface area (Å²) in [6.45, 7) is 2.97. The number of aromatic nitrogens is 2. The molecule has 2 rings (SSSR count). The zero-order valence-corrected chi connectivity index (χ0v) is 18.0. The Kier molecular flexibility index (Phi) is 7.44. The van der Waals surface area contributed by atoms with Crippen molar-refractivity contribution in [3.8, 4) is 0 Å². The average Bonchev–Trinajstić information content (AvgIpc) is 2.61. The number of hydrogen-bond donors (Lipinski definition) is 4. The predicted octanol–water partition coefficient (Wildman–Crippen LogP) is 3.68. The minimum Gasteiger partial charge on any atom is -0.391 e. The first-order valence-corrected chi connectivity index (χ1v) is 11.3. The number of aliphatic hydroxyl groups excluding tert-OH is 1. The number of anilines is 4. The van der Waals surface area contributed by atoms with Crippen LogP contribution in [0.1, 0.15) is 19.4 Å². The molecule has 31 heavy (non-hydrogen) atoms. The molecular formula is C18H23F3N6O3S. The molecule has 9 nitrogen and oxygen atoms in total. The van der Waals surface area contributed by atoms with Crippen LogP contribution >= 0.6 is 0 Å². The number of benzene rings is 1. The standard InChI is InChI=1S/C18H23F3N6O3S/c1-10(11(2)28)23-15-14(18(19,20)21)9-22-16(26-15)24-12-5-7-13(8-6-12)25-17(29)27-31(3,4)30/h5-11,28H,1-4H3,(H,25,29)(H2,22,23,24,26)/t10-,11-/m1/s1. The Morgan fingerprint density at radius 3 is 2.26 bits per heavy atom. The number of urea groups is 1. The van der Waals surface area contributed by atoms with E-state index in [9.17, 15) is 27.3 Å². The predicted molar refractivity (Wildman–Crippen MR) is 113 cm³/mol. The fourth-order valence-corrected chi connectivity index (χ4v) is 2.65. The monoisotopic (exact) mass is 460 g/mol. The second-order valence-electron chi connectivity index (χ2n) is 7.03. The minimum atomic E-state index is -4.68. The van der Waals surface area contributed by atoms with Gasteiger partial charge in [-0.3, -0.25) is 0 Å². The Morgan fingerprint density at radius 2 is 1.74 bits per heavy atom. The van der Waals surface area contributed by atoms with Crippen LogP contribution in [0.3, 0.4) is 0 Å². The number of amides is 2. The van der Waals surface area contributed by atoms with Crippen molar-refractivity contribution < 1.29 is 27.3 Å². The van der Waals surface area contributed by atoms with Crippen molar-refractivity contribution in [2.45, 2.75) is 32.2 Å². The van der Waals surface area contributed by atoms with Crippen molar-refractivity contribution in [3.05, 3.63) is 36.0 Å². The molecule has 170 valence electrons. The van der Waals surface area contributed by atoms with Crippen LogP contribution in [-0.2, 0) is 15.9 Å². The maximum Gasteiger partial charge on any atom is 0.421 e. The molecule has 2 aromatic rings. The molecule has 1 aromatic heterocycles. The largest absolute Gasteiger partial charge is 0.421 e. The summed E-state index contributed by atoms with van der Waals surface area (Å²) in [7, 11) is -2.59. The highest BCUT2D eigenvalue weighted by Crippen LogP contribution is 2.34. The smallest absolute Gasteiger partial charge is 0.391 e. The highest BCUT2D eigenvalue weighted by Gasteiger charge is 2.35. The van der Waals surface area contributed by atoms with Crippen molar-refractivity contribution >= 4 is 38.9 Å². The van der Waals surface area contributed by atoms with Crippen molar-refractivity contribution in [1.82, 2.24) is 9.97 Å². The molecule has 0 aliphatic heterocycles. The Hall–Kier alpha value is -2.93. The summed E-state index contributed by atoms with van der Waals surface area (Å²) >= 11 is 0. The summed E-state index contributed by atoms with van der Waals surface area (Å²) in [5.41, 5.74) is -0.237. The topological polar surface area (TPSA) is 129 Å². The van der Waals surface area contributed by atoms with Gasteiger partial charge in [-0.25, -0.2) is 14.0 Å². The lowest BCUT2D eigenvalue weighted by Gasteiger charge is -2.20. The maximum absolute atomic E-state index is 13.2. The molecule has 0 saturated carbocycles. The van der Waals surface area contributed by atoms with E-state index in [1.54, 1.807) is 0 Å². The summed E-state index contributed by atoms with van der Waals surface area (Å²) in [6.07, 6.45) is -2.28. The number of carbonyl (C=O) groups excluding carboxylic acids is 1. The molecule has 0 unspecified atom stereocenters. The summed E-state index contributed by atoms with van der Waals surface area (Å²) < 4.78 is 54.8. The fourth-order valence-electron chi connectivity index (χ4n) is 2.21. The van der Waals surface area contributed by atoms with Crippen LogP contribution in [0.2, 0.25) is 0 Å². The van der Waals surface area contributed by atoms with Gasteiger partial charge in [0.25, 0.3) is 0 Å². The van der Waals surface area contributed by atoms with Gasteiger partial charge in [-0.05, 0) is 38.1 Å². The van der Waals surface area contributed by atoms with Crippen LogP contribution in [-0.4, -0.2) is 50.0 Å². The van der Waals surface area contributed by atoms with Crippen molar-refractivity contribution in [2.75, 3.05) is 28.5 Å². The van der Waals surface area contributed by atoms with Crippen molar-refractivity contribution in [3.63, 3.8) is 0 Å². The van der Waals surface area contributed by atoms with Gasteiger partial charge in [0.05, 0.1) is 21.9 Å². The van der Waals surface area contributed by atoms with Crippen LogP contribution in [0.5, 0.6) is 0 Å². The van der Waals surface area contributed by atoms with E-state index < -0.39 is 45.5 Å². The van der Waals surface area contributed by atoms with E-state index in [0.29, 0.717) is 17.6 Å².